The van der Waals surface area contributed by atoms with Crippen molar-refractivity contribution in [1.82, 2.24) is 0 Å². The molecule has 0 amide bonds. The smallest absolute Gasteiger partial charge is 0.341 e. The van der Waals surface area contributed by atoms with Gasteiger partial charge in [-0.1, -0.05) is 20.8 Å². The van der Waals surface area contributed by atoms with Crippen molar-refractivity contribution in [2.75, 3.05) is 14.2 Å². The predicted octanol–water partition coefficient (Wildman–Crippen LogP) is 5.57. The lowest BCUT2D eigenvalue weighted by Crippen LogP contribution is -2.40. The van der Waals surface area contributed by atoms with Crippen molar-refractivity contribution in [3.05, 3.63) is 41.2 Å². The number of furan rings is 1. The van der Waals surface area contributed by atoms with Gasteiger partial charge in [-0.2, -0.15) is 0 Å². The maximum Gasteiger partial charge on any atom is 0.341 e. The van der Waals surface area contributed by atoms with E-state index >= 15 is 0 Å². The number of ether oxygens (including phenoxy) is 2. The number of hydrogen-bond acceptors (Lipinski definition) is 5. The molecule has 0 spiro atoms. The van der Waals surface area contributed by atoms with E-state index in [1.54, 1.807) is 14.0 Å². The van der Waals surface area contributed by atoms with Gasteiger partial charge in [0.2, 0.25) is 0 Å². The molecule has 0 aliphatic carbocycles. The van der Waals surface area contributed by atoms with E-state index in [1.165, 1.54) is 7.11 Å². The Bertz CT molecular complexity index is 797. The van der Waals surface area contributed by atoms with Crippen LogP contribution in [0.25, 0.3) is 11.3 Å². The average molecular weight is 391 g/mol. The first-order valence-corrected chi connectivity index (χ1v) is 11.9. The quantitative estimate of drug-likeness (QED) is 0.476. The van der Waals surface area contributed by atoms with Gasteiger partial charge in [0.15, 0.2) is 8.32 Å². The van der Waals surface area contributed by atoms with Crippen LogP contribution in [0.3, 0.4) is 0 Å². The van der Waals surface area contributed by atoms with Crippen LogP contribution in [0.15, 0.2) is 28.7 Å². The van der Waals surface area contributed by atoms with Crippen LogP contribution in [0, 0.1) is 6.92 Å². The Kier molecular flexibility index (Phi) is 6.22. The fraction of sp³-hybridized carbons (Fsp3) is 0.476. The highest BCUT2D eigenvalue weighted by Crippen LogP contribution is 2.39. The Morgan fingerprint density at radius 3 is 2.19 bits per heavy atom. The summed E-state index contributed by atoms with van der Waals surface area (Å²) in [5, 5.41) is 0.0669. The van der Waals surface area contributed by atoms with E-state index in [0.29, 0.717) is 23.7 Å². The SMILES string of the molecule is COC(=O)c1c(C)oc(-c2ccc(OC)cc2)c1CO[Si](C)(C)C(C)(C)C. The Morgan fingerprint density at radius 1 is 1.11 bits per heavy atom. The number of aryl methyl sites for hydroxylation is 1. The minimum atomic E-state index is -2.00. The third kappa shape index (κ3) is 4.44. The van der Waals surface area contributed by atoms with E-state index in [1.807, 2.05) is 24.3 Å². The van der Waals surface area contributed by atoms with Crippen molar-refractivity contribution in [1.29, 1.82) is 0 Å². The molecule has 5 nitrogen and oxygen atoms in total. The number of hydrogen-bond donors (Lipinski definition) is 0. The first-order valence-electron chi connectivity index (χ1n) is 9.00. The molecule has 1 aromatic heterocycles. The van der Waals surface area contributed by atoms with Gasteiger partial charge >= 0.3 is 5.97 Å². The maximum atomic E-state index is 12.4. The van der Waals surface area contributed by atoms with Gasteiger partial charge in [0, 0.05) is 11.1 Å². The zero-order valence-electron chi connectivity index (χ0n) is 17.6. The molecule has 0 unspecified atom stereocenters. The second-order valence-electron chi connectivity index (χ2n) is 8.11. The van der Waals surface area contributed by atoms with Crippen LogP contribution in [0.5, 0.6) is 5.75 Å². The van der Waals surface area contributed by atoms with Crippen LogP contribution >= 0.6 is 0 Å². The highest BCUT2D eigenvalue weighted by atomic mass is 28.4. The summed E-state index contributed by atoms with van der Waals surface area (Å²) in [7, 11) is 1.00. The monoisotopic (exact) mass is 390 g/mol. The van der Waals surface area contributed by atoms with Gasteiger partial charge in [0.1, 0.15) is 22.8 Å². The molecule has 2 rings (SSSR count). The van der Waals surface area contributed by atoms with E-state index in [9.17, 15) is 4.79 Å². The Balaban J connectivity index is 2.49. The van der Waals surface area contributed by atoms with E-state index in [0.717, 1.165) is 16.9 Å². The first kappa shape index (κ1) is 21.2. The Labute approximate surface area is 162 Å². The number of esters is 1. The van der Waals surface area contributed by atoms with Crippen LogP contribution in [0.1, 0.15) is 42.5 Å². The molecule has 0 atom stereocenters. The summed E-state index contributed by atoms with van der Waals surface area (Å²) in [6.45, 7) is 13.0. The zero-order chi connectivity index (χ0) is 20.4. The van der Waals surface area contributed by atoms with E-state index < -0.39 is 14.3 Å². The summed E-state index contributed by atoms with van der Waals surface area (Å²) in [4.78, 5) is 12.4. The minimum Gasteiger partial charge on any atom is -0.497 e. The molecule has 0 N–H and O–H groups in total. The number of carbonyl (C=O) groups is 1. The van der Waals surface area contributed by atoms with Gasteiger partial charge in [-0.05, 0) is 49.3 Å². The van der Waals surface area contributed by atoms with Crippen LogP contribution in [-0.2, 0) is 15.8 Å². The van der Waals surface area contributed by atoms with Crippen molar-refractivity contribution < 1.29 is 23.1 Å². The fourth-order valence-corrected chi connectivity index (χ4v) is 3.48. The second kappa shape index (κ2) is 7.90. The molecular weight excluding hydrogens is 360 g/mol. The molecule has 0 radical (unpaired) electrons. The molecule has 0 aliphatic rings. The molecule has 0 bridgehead atoms. The summed E-state index contributed by atoms with van der Waals surface area (Å²) >= 11 is 0. The highest BCUT2D eigenvalue weighted by molar-refractivity contribution is 6.74. The fourth-order valence-electron chi connectivity index (χ4n) is 2.54. The average Bonchev–Trinajstić information content (AvgIpc) is 2.94. The van der Waals surface area contributed by atoms with Crippen molar-refractivity contribution >= 4 is 14.3 Å². The van der Waals surface area contributed by atoms with Gasteiger partial charge < -0.3 is 18.3 Å². The molecule has 27 heavy (non-hydrogen) atoms. The summed E-state index contributed by atoms with van der Waals surface area (Å²) < 4.78 is 22.6. The molecule has 0 saturated carbocycles. The summed E-state index contributed by atoms with van der Waals surface area (Å²) in [6.07, 6.45) is 0. The largest absolute Gasteiger partial charge is 0.497 e. The van der Waals surface area contributed by atoms with Crippen LogP contribution in [-0.4, -0.2) is 28.5 Å². The Hall–Kier alpha value is -2.05. The van der Waals surface area contributed by atoms with Gasteiger partial charge in [-0.15, -0.1) is 0 Å². The normalized spacial score (nSPS) is 12.1. The van der Waals surface area contributed by atoms with E-state index in [-0.39, 0.29) is 5.04 Å². The molecular formula is C21H30O5Si. The van der Waals surface area contributed by atoms with Gasteiger partial charge in [0.05, 0.1) is 20.8 Å². The number of rotatable bonds is 6. The van der Waals surface area contributed by atoms with Crippen LogP contribution in [0.2, 0.25) is 18.1 Å². The van der Waals surface area contributed by atoms with Gasteiger partial charge in [-0.3, -0.25) is 0 Å². The molecule has 148 valence electrons. The lowest BCUT2D eigenvalue weighted by molar-refractivity contribution is 0.0596. The number of methoxy groups -OCH3 is 2. The summed E-state index contributed by atoms with van der Waals surface area (Å²) in [6, 6.07) is 7.55. The summed E-state index contributed by atoms with van der Waals surface area (Å²) in [5.74, 6) is 1.51. The van der Waals surface area contributed by atoms with Crippen LogP contribution in [0.4, 0.5) is 0 Å². The van der Waals surface area contributed by atoms with E-state index in [4.69, 9.17) is 18.3 Å². The maximum absolute atomic E-state index is 12.4. The third-order valence-electron chi connectivity index (χ3n) is 5.31. The third-order valence-corrected chi connectivity index (χ3v) is 9.79. The number of benzene rings is 1. The topological polar surface area (TPSA) is 57.9 Å². The van der Waals surface area contributed by atoms with Gasteiger partial charge in [0.25, 0.3) is 0 Å². The Morgan fingerprint density at radius 2 is 1.70 bits per heavy atom. The first-order chi connectivity index (χ1) is 12.5. The molecule has 2 aromatic rings. The minimum absolute atomic E-state index is 0.0669. The summed E-state index contributed by atoms with van der Waals surface area (Å²) in [5.41, 5.74) is 2.04. The van der Waals surface area contributed by atoms with Crippen molar-refractivity contribution in [2.24, 2.45) is 0 Å². The van der Waals surface area contributed by atoms with Crippen molar-refractivity contribution in [3.63, 3.8) is 0 Å². The van der Waals surface area contributed by atoms with Crippen molar-refractivity contribution in [3.8, 4) is 17.1 Å². The molecule has 0 aliphatic heterocycles. The highest BCUT2D eigenvalue weighted by Gasteiger charge is 2.38. The molecule has 0 fully saturated rings. The molecule has 1 heterocycles. The second-order valence-corrected chi connectivity index (χ2v) is 12.9. The zero-order valence-corrected chi connectivity index (χ0v) is 18.6. The van der Waals surface area contributed by atoms with Crippen molar-refractivity contribution in [2.45, 2.75) is 52.4 Å². The standard InChI is InChI=1S/C21H30O5Si/c1-14-18(20(22)24-6)17(13-25-27(7,8)21(2,3)4)19(26-14)15-9-11-16(23-5)12-10-15/h9-12H,13H2,1-8H3. The number of carbonyl (C=O) groups excluding carboxylic acids is 1. The molecule has 6 heteroatoms. The van der Waals surface area contributed by atoms with Crippen LogP contribution < -0.4 is 4.74 Å². The molecule has 0 saturated heterocycles. The van der Waals surface area contributed by atoms with Gasteiger partial charge in [-0.25, -0.2) is 4.79 Å². The lowest BCUT2D eigenvalue weighted by Gasteiger charge is -2.36. The predicted molar refractivity (Wildman–Crippen MR) is 109 cm³/mol. The van der Waals surface area contributed by atoms with E-state index in [2.05, 4.69) is 33.9 Å². The lowest BCUT2D eigenvalue weighted by atomic mass is 10.0. The molecule has 1 aromatic carbocycles.